The Bertz CT molecular complexity index is 3770. The molecule has 5 saturated carbocycles. The summed E-state index contributed by atoms with van der Waals surface area (Å²) in [6, 6.07) is 5.55. The molecule has 0 aliphatic heterocycles. The van der Waals surface area contributed by atoms with Gasteiger partial charge in [0, 0.05) is 113 Å². The van der Waals surface area contributed by atoms with E-state index >= 15 is 0 Å². The fourth-order valence-electron chi connectivity index (χ4n) is 11.3. The van der Waals surface area contributed by atoms with Crippen LogP contribution in [0.25, 0.3) is 22.1 Å². The molecule has 7 aromatic heterocycles. The van der Waals surface area contributed by atoms with Gasteiger partial charge < -0.3 is 54.7 Å². The fraction of sp³-hybridized carbons (Fsp3) is 0.589. The van der Waals surface area contributed by atoms with Crippen LogP contribution in [0.3, 0.4) is 0 Å². The first-order chi connectivity index (χ1) is 50.6. The van der Waals surface area contributed by atoms with Crippen molar-refractivity contribution in [2.75, 3.05) is 58.0 Å². The number of aldehydes is 1. The summed E-state index contributed by atoms with van der Waals surface area (Å²) in [5.74, 6) is 12.1. The fourth-order valence-corrected chi connectivity index (χ4v) is 12.6. The standard InChI is InChI=1S/C16H22ClN3O2.C12H12ClN3O2.C12H12ClN3O.C9H11BrClN3.C8H14O2.C5H11N.C4HBrCl2N2.C2H6O.2CH3F.3CH4.B.FH/c1-3-21-14(22-4-2)10-9-12-11-18-16(17)20-15(12)19-13-7-5-6-8-13;13-12-14-6-7-5-9(11(17)18)16(10(7)15-12)8-3-1-2-4-8;13-12-14-6-8-5-10(7-17)16(11(8)15-12)9-3-1-2-4-9;10-7-5-12-9(11)14-8(7)13-6-3-1-2-4-6;1-4-7-8(9-5-2)10-6-3;6-5-3-1-2-4-5;5-2-1-8-4(7)9-3(2)6;1-2-3;2*1-2;;;;;/h11,13-14H,3-8H2,1-2H3,(H,18,19,20);5-6,8H,1-4H2,(H,17,18);5-7,9H,1-4H2;5-6H,1-4H2,(H,12,13,14);8H,5-6H2,1-3H3;5H,1-4,6H2;1H;3H,2H2,1H3;2*1H3;3*1H4;;1H/i;;;;;;;;2*1D;;;;;. The molecular weight excluding hydrogens is 1660 g/mol. The van der Waals surface area contributed by atoms with Crippen molar-refractivity contribution in [3.63, 3.8) is 0 Å². The lowest BCUT2D eigenvalue weighted by molar-refractivity contribution is -0.0972. The normalized spacial score (nSPS) is 14.3. The maximum Gasteiger partial charge on any atom is 0.352 e. The lowest BCUT2D eigenvalue weighted by Crippen LogP contribution is -2.17. The van der Waals surface area contributed by atoms with E-state index in [4.69, 9.17) is 102 Å². The van der Waals surface area contributed by atoms with Crippen molar-refractivity contribution in [2.45, 2.75) is 235 Å². The SMILES string of the molecule is C.C.C.CC#CC(OCC)OCC.CCO.CCOC(C#Cc1cnc(Cl)nc1NC1CCCC1)OCC.Clc1ncc(Br)c(Cl)n1.Clc1ncc(Br)c(NC2CCCC2)n1.F.NC1CCCC1.O=C(O)c1cc2cnc(Cl)nc2n1C1CCCC1.O=Cc1cc2cnc(Cl)nc2n1C1CCCC1.[2H]CF.[2H]CF.[B]. The van der Waals surface area contributed by atoms with Crippen LogP contribution in [0.1, 0.15) is 234 Å². The molecule has 0 atom stereocenters. The molecule has 0 amide bonds. The molecule has 7 heterocycles. The van der Waals surface area contributed by atoms with Crippen molar-refractivity contribution in [2.24, 2.45) is 5.73 Å². The molecule has 5 fully saturated rings. The molecule has 0 bridgehead atoms. The van der Waals surface area contributed by atoms with Gasteiger partial charge in [-0.1, -0.05) is 104 Å². The third-order valence-corrected chi connectivity index (χ3v) is 18.2. The zero-order chi connectivity index (χ0) is 77.5. The Hall–Kier alpha value is -5.35. The Balaban J connectivity index is -0.00000121. The number of carboxylic acids is 1. The molecule has 0 aromatic carbocycles. The third-order valence-electron chi connectivity index (χ3n) is 15.6. The summed E-state index contributed by atoms with van der Waals surface area (Å²) in [7, 11) is -2.00. The van der Waals surface area contributed by atoms with Gasteiger partial charge in [0.25, 0.3) is 0 Å². The van der Waals surface area contributed by atoms with E-state index in [0.29, 0.717) is 82.9 Å². The number of carboxylic acid groups (broad SMARTS) is 1. The minimum Gasteiger partial charge on any atom is -0.477 e. The summed E-state index contributed by atoms with van der Waals surface area (Å²) in [5.41, 5.74) is 8.59. The highest BCUT2D eigenvalue weighted by molar-refractivity contribution is 9.11. The maximum absolute atomic E-state index is 11.3. The number of hydrogen-bond acceptors (Lipinski definition) is 20. The number of aromatic nitrogens is 12. The number of hydrogen-bond donors (Lipinski definition) is 5. The Kier molecular flexibility index (Phi) is 59.1. The van der Waals surface area contributed by atoms with E-state index in [2.05, 4.69) is 116 Å². The Morgan fingerprint density at radius 3 is 1.37 bits per heavy atom. The molecule has 603 valence electrons. The van der Waals surface area contributed by atoms with Crippen molar-refractivity contribution in [3.8, 4) is 23.7 Å². The summed E-state index contributed by atoms with van der Waals surface area (Å²) in [6.45, 7) is 13.7. The highest BCUT2D eigenvalue weighted by atomic mass is 79.9. The number of nitrogens with zero attached hydrogens (tertiary/aromatic N) is 12. The smallest absolute Gasteiger partial charge is 0.352 e. The zero-order valence-electron chi connectivity index (χ0n) is 61.8. The van der Waals surface area contributed by atoms with E-state index in [1.807, 2.05) is 38.3 Å². The second kappa shape index (κ2) is 62.2. The number of carbonyl (C=O) groups is 2. The Morgan fingerprint density at radius 1 is 0.602 bits per heavy atom. The van der Waals surface area contributed by atoms with Gasteiger partial charge in [-0.05, 0) is 220 Å². The van der Waals surface area contributed by atoms with Gasteiger partial charge in [-0.3, -0.25) is 18.3 Å². The van der Waals surface area contributed by atoms with Crippen LogP contribution in [0.15, 0.2) is 52.1 Å². The minimum absolute atomic E-state index is 0. The molecule has 3 radical (unpaired) electrons. The molecule has 5 aliphatic carbocycles. The minimum atomic E-state index is -1.00. The lowest BCUT2D eigenvalue weighted by Gasteiger charge is -2.14. The molecular formula is C73H108BBr2Cl6F3N15O8. The molecule has 23 nitrogen and oxygen atoms in total. The molecule has 35 heteroatoms. The van der Waals surface area contributed by atoms with E-state index in [1.54, 1.807) is 49.3 Å². The van der Waals surface area contributed by atoms with Crippen LogP contribution in [0, 0.1) is 23.7 Å². The molecule has 0 unspecified atom stereocenters. The maximum atomic E-state index is 11.3. The first kappa shape index (κ1) is 103. The number of rotatable bonds is 16. The van der Waals surface area contributed by atoms with E-state index in [9.17, 15) is 23.5 Å². The van der Waals surface area contributed by atoms with Crippen LogP contribution in [-0.2, 0) is 18.9 Å². The van der Waals surface area contributed by atoms with Gasteiger partial charge in [0.2, 0.25) is 39.0 Å². The largest absolute Gasteiger partial charge is 0.477 e. The van der Waals surface area contributed by atoms with Gasteiger partial charge in [0.05, 0.1) is 37.3 Å². The first-order valence-electron chi connectivity index (χ1n) is 35.3. The van der Waals surface area contributed by atoms with E-state index < -0.39 is 26.6 Å². The highest BCUT2D eigenvalue weighted by Gasteiger charge is 2.27. The van der Waals surface area contributed by atoms with E-state index in [0.717, 1.165) is 84.4 Å². The lowest BCUT2D eigenvalue weighted by atomic mass is 10.2. The first-order valence-corrected chi connectivity index (χ1v) is 37.8. The number of alkyl halides is 2. The molecule has 12 rings (SSSR count). The molecule has 5 aliphatic rings. The summed E-state index contributed by atoms with van der Waals surface area (Å²) in [5, 5.41) is 26.6. The predicted octanol–water partition coefficient (Wildman–Crippen LogP) is 20.1. The van der Waals surface area contributed by atoms with Gasteiger partial charge in [0.1, 0.15) is 33.8 Å². The van der Waals surface area contributed by atoms with Crippen LogP contribution < -0.4 is 16.4 Å². The van der Waals surface area contributed by atoms with Crippen LogP contribution >= 0.6 is 101 Å². The Labute approximate surface area is 688 Å². The van der Waals surface area contributed by atoms with Gasteiger partial charge in [-0.15, -0.1) is 5.92 Å². The van der Waals surface area contributed by atoms with Crippen molar-refractivity contribution in [1.29, 1.82) is 0 Å². The van der Waals surface area contributed by atoms with Crippen LogP contribution in [0.2, 0.25) is 31.6 Å². The summed E-state index contributed by atoms with van der Waals surface area (Å²) in [4.78, 5) is 62.3. The summed E-state index contributed by atoms with van der Waals surface area (Å²) in [6.07, 6.45) is 32.0. The number of aromatic carboxylic acids is 1. The van der Waals surface area contributed by atoms with E-state index in [-0.39, 0.29) is 86.4 Å². The summed E-state index contributed by atoms with van der Waals surface area (Å²) < 4.78 is 57.4. The zero-order valence-corrected chi connectivity index (χ0v) is 67.5. The van der Waals surface area contributed by atoms with Crippen molar-refractivity contribution < 1.29 is 55.0 Å². The predicted molar refractivity (Wildman–Crippen MR) is 442 cm³/mol. The van der Waals surface area contributed by atoms with Gasteiger partial charge >= 0.3 is 5.97 Å². The second-order valence-corrected chi connectivity index (χ2v) is 26.5. The second-order valence-electron chi connectivity index (χ2n) is 22.8. The number of aliphatic hydroxyl groups excluding tert-OH is 1. The number of nitrogens with one attached hydrogen (secondary N) is 2. The van der Waals surface area contributed by atoms with Gasteiger partial charge in [0.15, 0.2) is 6.29 Å². The number of halogens is 11. The van der Waals surface area contributed by atoms with Crippen LogP contribution in [0.4, 0.5) is 25.1 Å². The molecule has 108 heavy (non-hydrogen) atoms. The van der Waals surface area contributed by atoms with Gasteiger partial charge in [-0.25, -0.2) is 34.7 Å². The highest BCUT2D eigenvalue weighted by Crippen LogP contribution is 2.36. The van der Waals surface area contributed by atoms with E-state index in [1.165, 1.54) is 83.2 Å². The average molecular weight is 1770 g/mol. The quantitative estimate of drug-likeness (QED) is 0.0150. The molecule has 7 aromatic rings. The number of fused-ring (bicyclic) bond motifs is 2. The monoisotopic (exact) mass is 1760 g/mol. The van der Waals surface area contributed by atoms with Crippen LogP contribution in [-0.4, -0.2) is 168 Å². The topological polar surface area (TPSA) is 300 Å². The Morgan fingerprint density at radius 2 is 0.963 bits per heavy atom. The number of aliphatic hydroxyl groups is 1. The summed E-state index contributed by atoms with van der Waals surface area (Å²) >= 11 is 40.7. The van der Waals surface area contributed by atoms with Gasteiger partial charge in [-0.2, -0.15) is 19.9 Å². The number of nitrogens with two attached hydrogens (primary N) is 1. The van der Waals surface area contributed by atoms with Crippen molar-refractivity contribution in [1.82, 2.24) is 59.0 Å². The average Bonchev–Trinajstić information content (AvgIpc) is 1.63. The molecule has 0 saturated heterocycles. The third kappa shape index (κ3) is 38.7. The molecule has 6 N–H and O–H groups in total. The number of carbonyl (C=O) groups excluding carboxylic acids is 1. The number of ether oxygens (including phenoxy) is 4. The van der Waals surface area contributed by atoms with Crippen LogP contribution in [0.5, 0.6) is 0 Å². The van der Waals surface area contributed by atoms with Crippen molar-refractivity contribution >= 4 is 156 Å². The van der Waals surface area contributed by atoms with Crippen molar-refractivity contribution in [3.05, 3.63) is 101 Å². The number of anilines is 2. The molecule has 0 spiro atoms.